The Labute approximate surface area is 170 Å². The van der Waals surface area contributed by atoms with Gasteiger partial charge in [0.2, 0.25) is 0 Å². The van der Waals surface area contributed by atoms with Gasteiger partial charge in [-0.05, 0) is 59.2 Å². The highest BCUT2D eigenvalue weighted by Crippen LogP contribution is 2.16. The Kier molecular flexibility index (Phi) is 8.11. The van der Waals surface area contributed by atoms with Crippen LogP contribution >= 0.6 is 34.4 Å². The number of amides is 1. The highest BCUT2D eigenvalue weighted by molar-refractivity contribution is 14.1. The van der Waals surface area contributed by atoms with Crippen LogP contribution in [0.3, 0.4) is 0 Å². The maximum atomic E-state index is 12.1. The van der Waals surface area contributed by atoms with Crippen molar-refractivity contribution in [1.29, 1.82) is 0 Å². The van der Waals surface area contributed by atoms with Crippen LogP contribution < -0.4 is 5.32 Å². The predicted molar refractivity (Wildman–Crippen MR) is 111 cm³/mol. The van der Waals surface area contributed by atoms with Crippen molar-refractivity contribution in [3.05, 3.63) is 57.7 Å². The topological polar surface area (TPSA) is 72.5 Å². The predicted octanol–water partition coefficient (Wildman–Crippen LogP) is 4.16. The first-order chi connectivity index (χ1) is 12.5. The van der Waals surface area contributed by atoms with Crippen LogP contribution in [-0.4, -0.2) is 30.5 Å². The fourth-order valence-corrected chi connectivity index (χ4v) is 3.07. The van der Waals surface area contributed by atoms with Crippen molar-refractivity contribution in [1.82, 2.24) is 0 Å². The summed E-state index contributed by atoms with van der Waals surface area (Å²) in [4.78, 5) is 36.7. The Morgan fingerprint density at radius 2 is 1.81 bits per heavy atom. The van der Waals surface area contributed by atoms with E-state index in [1.54, 1.807) is 36.0 Å². The second-order valence-electron chi connectivity index (χ2n) is 5.37. The van der Waals surface area contributed by atoms with Gasteiger partial charge in [0.05, 0.1) is 6.42 Å². The third-order valence-corrected chi connectivity index (χ3v) is 4.86. The molecule has 0 saturated heterocycles. The van der Waals surface area contributed by atoms with Crippen LogP contribution in [0.1, 0.15) is 23.2 Å². The van der Waals surface area contributed by atoms with E-state index in [0.717, 1.165) is 8.47 Å². The van der Waals surface area contributed by atoms with Crippen LogP contribution in [-0.2, 0) is 14.3 Å². The summed E-state index contributed by atoms with van der Waals surface area (Å²) in [6, 6.07) is 14.5. The number of rotatable bonds is 8. The molecule has 0 heterocycles. The fraction of sp³-hybridized carbons (Fsp3) is 0.211. The summed E-state index contributed by atoms with van der Waals surface area (Å²) in [6.45, 7) is -0.374. The first kappa shape index (κ1) is 20.4. The number of ketones is 1. The minimum Gasteiger partial charge on any atom is -0.456 e. The molecule has 26 heavy (non-hydrogen) atoms. The van der Waals surface area contributed by atoms with Crippen LogP contribution in [0.4, 0.5) is 5.69 Å². The highest BCUT2D eigenvalue weighted by atomic mass is 127. The number of thioether (sulfide) groups is 1. The minimum atomic E-state index is -0.572. The summed E-state index contributed by atoms with van der Waals surface area (Å²) < 4.78 is 5.91. The molecule has 7 heteroatoms. The summed E-state index contributed by atoms with van der Waals surface area (Å²) in [5, 5.41) is 2.65. The number of halogens is 1. The van der Waals surface area contributed by atoms with Crippen molar-refractivity contribution >= 4 is 57.7 Å². The van der Waals surface area contributed by atoms with Gasteiger partial charge in [-0.2, -0.15) is 0 Å². The van der Waals surface area contributed by atoms with Gasteiger partial charge >= 0.3 is 5.97 Å². The molecule has 0 radical (unpaired) electrons. The number of hydrogen-bond acceptors (Lipinski definition) is 5. The smallest absolute Gasteiger partial charge is 0.306 e. The number of Topliss-reactive ketones (excluding diaryl/α,β-unsaturated/α-hetero) is 1. The van der Waals surface area contributed by atoms with Gasteiger partial charge in [-0.25, -0.2) is 0 Å². The van der Waals surface area contributed by atoms with Crippen LogP contribution in [0, 0.1) is 3.57 Å². The van der Waals surface area contributed by atoms with Gasteiger partial charge in [0, 0.05) is 26.1 Å². The van der Waals surface area contributed by atoms with E-state index in [0.29, 0.717) is 11.3 Å². The number of carbonyl (C=O) groups excluding carboxylic acids is 3. The van der Waals surface area contributed by atoms with E-state index in [1.165, 1.54) is 0 Å². The Hall–Kier alpha value is -1.87. The summed E-state index contributed by atoms with van der Waals surface area (Å²) >= 11 is 3.73. The lowest BCUT2D eigenvalue weighted by atomic mass is 10.1. The lowest BCUT2D eigenvalue weighted by Crippen LogP contribution is -2.21. The molecule has 0 aromatic heterocycles. The molecule has 0 atom stereocenters. The lowest BCUT2D eigenvalue weighted by molar-refractivity contribution is -0.147. The largest absolute Gasteiger partial charge is 0.456 e. The molecule has 5 nitrogen and oxygen atoms in total. The van der Waals surface area contributed by atoms with Crippen molar-refractivity contribution in [3.63, 3.8) is 0 Å². The summed E-state index contributed by atoms with van der Waals surface area (Å²) in [7, 11) is 0. The van der Waals surface area contributed by atoms with Crippen molar-refractivity contribution in [3.8, 4) is 0 Å². The molecule has 0 unspecified atom stereocenters. The maximum absolute atomic E-state index is 12.1. The molecule has 2 rings (SSSR count). The van der Waals surface area contributed by atoms with Gasteiger partial charge in [-0.15, -0.1) is 11.8 Å². The van der Waals surface area contributed by atoms with Crippen molar-refractivity contribution in [2.24, 2.45) is 0 Å². The Bertz CT molecular complexity index is 792. The molecule has 136 valence electrons. The van der Waals surface area contributed by atoms with E-state index >= 15 is 0 Å². The standard InChI is InChI=1S/C19H18INO4S/c1-26-16-7-5-13(6-8-16)17(22)9-10-19(24)25-12-18(23)21-15-4-2-3-14(20)11-15/h2-8,11H,9-10,12H2,1H3,(H,21,23). The van der Waals surface area contributed by atoms with Gasteiger partial charge in [-0.1, -0.05) is 18.2 Å². The van der Waals surface area contributed by atoms with Crippen molar-refractivity contribution < 1.29 is 19.1 Å². The number of benzene rings is 2. The third kappa shape index (κ3) is 6.80. The quantitative estimate of drug-likeness (QED) is 0.264. The van der Waals surface area contributed by atoms with E-state index in [4.69, 9.17) is 4.74 Å². The Morgan fingerprint density at radius 1 is 1.08 bits per heavy atom. The molecule has 0 aliphatic rings. The van der Waals surface area contributed by atoms with E-state index in [-0.39, 0.29) is 25.2 Å². The zero-order valence-electron chi connectivity index (χ0n) is 14.2. The average Bonchev–Trinajstić information content (AvgIpc) is 2.64. The monoisotopic (exact) mass is 483 g/mol. The first-order valence-electron chi connectivity index (χ1n) is 7.86. The molecule has 2 aromatic rings. The second-order valence-corrected chi connectivity index (χ2v) is 7.50. The van der Waals surface area contributed by atoms with Gasteiger partial charge in [-0.3, -0.25) is 14.4 Å². The maximum Gasteiger partial charge on any atom is 0.306 e. The zero-order chi connectivity index (χ0) is 18.9. The molecule has 2 aromatic carbocycles. The number of carbonyl (C=O) groups is 3. The van der Waals surface area contributed by atoms with E-state index < -0.39 is 11.9 Å². The molecule has 0 fully saturated rings. The molecule has 0 aliphatic carbocycles. The van der Waals surface area contributed by atoms with E-state index in [2.05, 4.69) is 27.9 Å². The van der Waals surface area contributed by atoms with Gasteiger partial charge < -0.3 is 10.1 Å². The summed E-state index contributed by atoms with van der Waals surface area (Å²) in [5.74, 6) is -1.12. The summed E-state index contributed by atoms with van der Waals surface area (Å²) in [5.41, 5.74) is 1.20. The van der Waals surface area contributed by atoms with Gasteiger partial charge in [0.15, 0.2) is 12.4 Å². The lowest BCUT2D eigenvalue weighted by Gasteiger charge is -2.07. The normalized spacial score (nSPS) is 10.2. The molecular formula is C19H18INO4S. The number of ether oxygens (including phenoxy) is 1. The summed E-state index contributed by atoms with van der Waals surface area (Å²) in [6.07, 6.45) is 1.96. The molecule has 0 aliphatic heterocycles. The third-order valence-electron chi connectivity index (χ3n) is 3.44. The Balaban J connectivity index is 1.72. The highest BCUT2D eigenvalue weighted by Gasteiger charge is 2.12. The number of hydrogen-bond donors (Lipinski definition) is 1. The average molecular weight is 483 g/mol. The second kappa shape index (κ2) is 10.3. The molecule has 0 bridgehead atoms. The Morgan fingerprint density at radius 3 is 2.46 bits per heavy atom. The van der Waals surface area contributed by atoms with Crippen LogP contribution in [0.25, 0.3) is 0 Å². The van der Waals surface area contributed by atoms with Gasteiger partial charge in [0.1, 0.15) is 0 Å². The van der Waals surface area contributed by atoms with Crippen LogP contribution in [0.5, 0.6) is 0 Å². The fourth-order valence-electron chi connectivity index (χ4n) is 2.12. The zero-order valence-corrected chi connectivity index (χ0v) is 17.1. The molecule has 1 amide bonds. The van der Waals surface area contributed by atoms with Crippen LogP contribution in [0.2, 0.25) is 0 Å². The van der Waals surface area contributed by atoms with Crippen LogP contribution in [0.15, 0.2) is 53.4 Å². The number of esters is 1. The molecule has 0 saturated carbocycles. The van der Waals surface area contributed by atoms with Gasteiger partial charge in [0.25, 0.3) is 5.91 Å². The molecule has 1 N–H and O–H groups in total. The van der Waals surface area contributed by atoms with E-state index in [1.807, 2.05) is 30.5 Å². The number of nitrogens with one attached hydrogen (secondary N) is 1. The van der Waals surface area contributed by atoms with E-state index in [9.17, 15) is 14.4 Å². The minimum absolute atomic E-state index is 0.0515. The first-order valence-corrected chi connectivity index (χ1v) is 10.2. The molecule has 0 spiro atoms. The molecular weight excluding hydrogens is 465 g/mol. The van der Waals surface area contributed by atoms with Crippen molar-refractivity contribution in [2.45, 2.75) is 17.7 Å². The SMILES string of the molecule is CSc1ccc(C(=O)CCC(=O)OCC(=O)Nc2cccc(I)c2)cc1. The van der Waals surface area contributed by atoms with Crippen molar-refractivity contribution in [2.75, 3.05) is 18.2 Å². The number of anilines is 1.